The molecule has 1 rings (SSSR count). The quantitative estimate of drug-likeness (QED) is 0.708. The highest BCUT2D eigenvalue weighted by Crippen LogP contribution is 2.38. The molecule has 0 aliphatic rings. The van der Waals surface area contributed by atoms with Crippen molar-refractivity contribution in [2.45, 2.75) is 19.9 Å². The number of primary amides is 1. The van der Waals surface area contributed by atoms with Crippen LogP contribution < -0.4 is 25.3 Å². The first kappa shape index (κ1) is 16.1. The van der Waals surface area contributed by atoms with Gasteiger partial charge in [0.1, 0.15) is 0 Å². The molecule has 0 aliphatic heterocycles. The van der Waals surface area contributed by atoms with Gasteiger partial charge in [0.2, 0.25) is 11.7 Å². The number of rotatable bonds is 9. The Bertz CT molecular complexity index is 424. The van der Waals surface area contributed by atoms with Gasteiger partial charge in [-0.05, 0) is 24.2 Å². The van der Waals surface area contributed by atoms with E-state index in [0.29, 0.717) is 23.8 Å². The van der Waals surface area contributed by atoms with Gasteiger partial charge in [-0.1, -0.05) is 6.92 Å². The molecule has 20 heavy (non-hydrogen) atoms. The van der Waals surface area contributed by atoms with Crippen LogP contribution in [0.3, 0.4) is 0 Å². The number of methoxy groups -OCH3 is 2. The number of benzene rings is 1. The van der Waals surface area contributed by atoms with E-state index in [2.05, 4.69) is 5.32 Å². The lowest BCUT2D eigenvalue weighted by Crippen LogP contribution is -2.15. The van der Waals surface area contributed by atoms with E-state index in [1.165, 1.54) is 0 Å². The first-order valence-corrected chi connectivity index (χ1v) is 6.49. The highest BCUT2D eigenvalue weighted by molar-refractivity contribution is 5.73. The zero-order valence-corrected chi connectivity index (χ0v) is 12.2. The van der Waals surface area contributed by atoms with Crippen LogP contribution in [0.5, 0.6) is 17.2 Å². The van der Waals surface area contributed by atoms with Crippen LogP contribution in [-0.4, -0.2) is 33.3 Å². The third-order valence-electron chi connectivity index (χ3n) is 2.69. The molecule has 1 amide bonds. The Morgan fingerprint density at radius 3 is 2.30 bits per heavy atom. The SMILES string of the molecule is CCNCc1cc(OC)c(OCCC(N)=O)c(OC)c1. The Labute approximate surface area is 119 Å². The normalized spacial score (nSPS) is 10.2. The molecule has 112 valence electrons. The van der Waals surface area contributed by atoms with Crippen LogP contribution in [0.15, 0.2) is 12.1 Å². The third-order valence-corrected chi connectivity index (χ3v) is 2.69. The Kier molecular flexibility index (Phi) is 6.66. The second kappa shape index (κ2) is 8.27. The molecular weight excluding hydrogens is 260 g/mol. The number of nitrogens with one attached hydrogen (secondary N) is 1. The molecule has 0 atom stereocenters. The van der Waals surface area contributed by atoms with Gasteiger partial charge in [0.05, 0.1) is 27.2 Å². The van der Waals surface area contributed by atoms with Crippen LogP contribution in [0.25, 0.3) is 0 Å². The maximum Gasteiger partial charge on any atom is 0.220 e. The van der Waals surface area contributed by atoms with Gasteiger partial charge in [-0.2, -0.15) is 0 Å². The van der Waals surface area contributed by atoms with Gasteiger partial charge in [-0.15, -0.1) is 0 Å². The van der Waals surface area contributed by atoms with Crippen LogP contribution >= 0.6 is 0 Å². The highest BCUT2D eigenvalue weighted by Gasteiger charge is 2.14. The first-order valence-electron chi connectivity index (χ1n) is 6.49. The standard InChI is InChI=1S/C14H22N2O4/c1-4-16-9-10-7-11(18-2)14(12(8-10)19-3)20-6-5-13(15)17/h7-8,16H,4-6,9H2,1-3H3,(H2,15,17). The van der Waals surface area contributed by atoms with Crippen molar-refractivity contribution < 1.29 is 19.0 Å². The van der Waals surface area contributed by atoms with Gasteiger partial charge in [-0.3, -0.25) is 4.79 Å². The fraction of sp³-hybridized carbons (Fsp3) is 0.500. The van der Waals surface area contributed by atoms with Crippen LogP contribution in [0.4, 0.5) is 0 Å². The number of hydrogen-bond donors (Lipinski definition) is 2. The van der Waals surface area contributed by atoms with Crippen molar-refractivity contribution in [2.24, 2.45) is 5.73 Å². The molecule has 6 nitrogen and oxygen atoms in total. The predicted octanol–water partition coefficient (Wildman–Crippen LogP) is 1.07. The zero-order valence-electron chi connectivity index (χ0n) is 12.2. The number of carbonyl (C=O) groups is 1. The summed E-state index contributed by atoms with van der Waals surface area (Å²) in [4.78, 5) is 10.7. The smallest absolute Gasteiger partial charge is 0.220 e. The van der Waals surface area contributed by atoms with E-state index in [0.717, 1.165) is 12.1 Å². The van der Waals surface area contributed by atoms with E-state index in [1.807, 2.05) is 19.1 Å². The fourth-order valence-corrected chi connectivity index (χ4v) is 1.70. The zero-order chi connectivity index (χ0) is 15.0. The van der Waals surface area contributed by atoms with Gasteiger partial charge < -0.3 is 25.3 Å². The first-order chi connectivity index (χ1) is 9.62. The second-order valence-electron chi connectivity index (χ2n) is 4.17. The van der Waals surface area contributed by atoms with E-state index in [1.54, 1.807) is 14.2 Å². The molecule has 0 fully saturated rings. The summed E-state index contributed by atoms with van der Waals surface area (Å²) in [6.07, 6.45) is 0.144. The van der Waals surface area contributed by atoms with Crippen molar-refractivity contribution in [2.75, 3.05) is 27.4 Å². The van der Waals surface area contributed by atoms with Crippen LogP contribution in [0.1, 0.15) is 18.9 Å². The van der Waals surface area contributed by atoms with Crippen molar-refractivity contribution >= 4 is 5.91 Å². The Morgan fingerprint density at radius 2 is 1.85 bits per heavy atom. The van der Waals surface area contributed by atoms with Crippen molar-refractivity contribution in [1.82, 2.24) is 5.32 Å². The fourth-order valence-electron chi connectivity index (χ4n) is 1.70. The van der Waals surface area contributed by atoms with Crippen molar-refractivity contribution in [1.29, 1.82) is 0 Å². The summed E-state index contributed by atoms with van der Waals surface area (Å²) in [6, 6.07) is 3.76. The summed E-state index contributed by atoms with van der Waals surface area (Å²) in [5.41, 5.74) is 6.12. The molecule has 0 aromatic heterocycles. The van der Waals surface area contributed by atoms with Crippen molar-refractivity contribution in [3.05, 3.63) is 17.7 Å². The number of ether oxygens (including phenoxy) is 3. The van der Waals surface area contributed by atoms with E-state index in [-0.39, 0.29) is 13.0 Å². The Morgan fingerprint density at radius 1 is 1.25 bits per heavy atom. The summed E-state index contributed by atoms with van der Waals surface area (Å²) in [6.45, 7) is 3.82. The van der Waals surface area contributed by atoms with Gasteiger partial charge in [0, 0.05) is 6.54 Å². The van der Waals surface area contributed by atoms with Gasteiger partial charge in [0.15, 0.2) is 11.5 Å². The molecule has 0 bridgehead atoms. The van der Waals surface area contributed by atoms with Crippen molar-refractivity contribution in [3.63, 3.8) is 0 Å². The number of amides is 1. The molecule has 3 N–H and O–H groups in total. The summed E-state index contributed by atoms with van der Waals surface area (Å²) in [5, 5.41) is 3.23. The molecule has 1 aromatic rings. The lowest BCUT2D eigenvalue weighted by Gasteiger charge is -2.16. The monoisotopic (exact) mass is 282 g/mol. The van der Waals surface area contributed by atoms with E-state index < -0.39 is 5.91 Å². The van der Waals surface area contributed by atoms with E-state index in [4.69, 9.17) is 19.9 Å². The summed E-state index contributed by atoms with van der Waals surface area (Å²) >= 11 is 0. The summed E-state index contributed by atoms with van der Waals surface area (Å²) in [5.74, 6) is 1.21. The van der Waals surface area contributed by atoms with Gasteiger partial charge >= 0.3 is 0 Å². The molecule has 0 saturated heterocycles. The molecule has 0 aliphatic carbocycles. The Hall–Kier alpha value is -1.95. The molecule has 6 heteroatoms. The van der Waals surface area contributed by atoms with E-state index >= 15 is 0 Å². The number of nitrogens with two attached hydrogens (primary N) is 1. The number of hydrogen-bond acceptors (Lipinski definition) is 5. The molecular formula is C14H22N2O4. The largest absolute Gasteiger partial charge is 0.493 e. The number of carbonyl (C=O) groups excluding carboxylic acids is 1. The maximum absolute atomic E-state index is 10.7. The van der Waals surface area contributed by atoms with Crippen LogP contribution in [0, 0.1) is 0 Å². The van der Waals surface area contributed by atoms with Gasteiger partial charge in [-0.25, -0.2) is 0 Å². The summed E-state index contributed by atoms with van der Waals surface area (Å²) in [7, 11) is 3.12. The molecule has 0 heterocycles. The third kappa shape index (κ3) is 4.62. The van der Waals surface area contributed by atoms with Crippen molar-refractivity contribution in [3.8, 4) is 17.2 Å². The molecule has 0 saturated carbocycles. The van der Waals surface area contributed by atoms with E-state index in [9.17, 15) is 4.79 Å². The minimum Gasteiger partial charge on any atom is -0.493 e. The second-order valence-corrected chi connectivity index (χ2v) is 4.17. The highest BCUT2D eigenvalue weighted by atomic mass is 16.5. The molecule has 1 aromatic carbocycles. The predicted molar refractivity (Wildman–Crippen MR) is 76.2 cm³/mol. The lowest BCUT2D eigenvalue weighted by molar-refractivity contribution is -0.118. The van der Waals surface area contributed by atoms with Crippen LogP contribution in [-0.2, 0) is 11.3 Å². The minimum atomic E-state index is -0.410. The molecule has 0 unspecified atom stereocenters. The van der Waals surface area contributed by atoms with Gasteiger partial charge in [0.25, 0.3) is 0 Å². The summed E-state index contributed by atoms with van der Waals surface area (Å²) < 4.78 is 16.2. The van der Waals surface area contributed by atoms with Crippen LogP contribution in [0.2, 0.25) is 0 Å². The topological polar surface area (TPSA) is 82.8 Å². The maximum atomic E-state index is 10.7. The minimum absolute atomic E-state index is 0.144. The average molecular weight is 282 g/mol. The Balaban J connectivity index is 2.92. The lowest BCUT2D eigenvalue weighted by atomic mass is 10.1. The molecule has 0 radical (unpaired) electrons. The molecule has 0 spiro atoms. The average Bonchev–Trinajstić information content (AvgIpc) is 2.44.